The zero-order valence-corrected chi connectivity index (χ0v) is 18.1. The standard InChI is InChI=1S/C22H22Cl2N2O4/c1-29-21(27)17-11-20(26-16-8-4-6-14(24)10-16)18(22(28)30-2)12-19(17)25-15-7-3-5-13(23)9-15/h3-10,17-19,25H,11-12H2,1-2H3. The molecule has 1 fully saturated rings. The van der Waals surface area contributed by atoms with Gasteiger partial charge in [0.05, 0.1) is 31.7 Å². The van der Waals surface area contributed by atoms with E-state index >= 15 is 0 Å². The Hall–Kier alpha value is -2.57. The maximum atomic E-state index is 12.6. The number of esters is 2. The van der Waals surface area contributed by atoms with Crippen LogP contribution in [0.3, 0.4) is 0 Å². The van der Waals surface area contributed by atoms with Gasteiger partial charge in [-0.1, -0.05) is 35.3 Å². The molecule has 0 amide bonds. The molecule has 3 rings (SSSR count). The second-order valence-corrected chi connectivity index (χ2v) is 7.86. The number of carbonyl (C=O) groups excluding carboxylic acids is 2. The average Bonchev–Trinajstić information content (AvgIpc) is 2.73. The Kier molecular flexibility index (Phi) is 7.34. The van der Waals surface area contributed by atoms with E-state index in [1.54, 1.807) is 36.4 Å². The van der Waals surface area contributed by atoms with E-state index in [1.807, 2.05) is 12.1 Å². The number of hydrogen-bond donors (Lipinski definition) is 1. The van der Waals surface area contributed by atoms with Gasteiger partial charge in [-0.15, -0.1) is 0 Å². The lowest BCUT2D eigenvalue weighted by atomic mass is 9.76. The van der Waals surface area contributed by atoms with Gasteiger partial charge >= 0.3 is 11.9 Å². The number of carbonyl (C=O) groups is 2. The minimum Gasteiger partial charge on any atom is -0.469 e. The molecule has 1 aliphatic rings. The van der Waals surface area contributed by atoms with Crippen molar-refractivity contribution in [2.75, 3.05) is 19.5 Å². The number of ether oxygens (including phenoxy) is 2. The first-order chi connectivity index (χ1) is 14.4. The molecule has 0 heterocycles. The van der Waals surface area contributed by atoms with E-state index in [4.69, 9.17) is 32.7 Å². The maximum absolute atomic E-state index is 12.6. The molecule has 0 aromatic heterocycles. The molecule has 1 aliphatic carbocycles. The van der Waals surface area contributed by atoms with Crippen LogP contribution in [-0.4, -0.2) is 37.9 Å². The van der Waals surface area contributed by atoms with Crippen LogP contribution in [0.15, 0.2) is 53.5 Å². The van der Waals surface area contributed by atoms with Gasteiger partial charge in [-0.05, 0) is 42.8 Å². The van der Waals surface area contributed by atoms with Gasteiger partial charge in [0.2, 0.25) is 0 Å². The summed E-state index contributed by atoms with van der Waals surface area (Å²) in [6.45, 7) is 0. The van der Waals surface area contributed by atoms with Crippen molar-refractivity contribution in [2.24, 2.45) is 16.8 Å². The molecule has 0 bridgehead atoms. The summed E-state index contributed by atoms with van der Waals surface area (Å²) in [7, 11) is 2.68. The number of aliphatic imine (C=N–C) groups is 1. The summed E-state index contributed by atoms with van der Waals surface area (Å²) >= 11 is 12.1. The second-order valence-electron chi connectivity index (χ2n) is 6.99. The number of nitrogens with zero attached hydrogens (tertiary/aromatic N) is 1. The summed E-state index contributed by atoms with van der Waals surface area (Å²) in [5.41, 5.74) is 1.92. The number of methoxy groups -OCH3 is 2. The smallest absolute Gasteiger partial charge is 0.314 e. The van der Waals surface area contributed by atoms with Gasteiger partial charge < -0.3 is 14.8 Å². The molecule has 1 saturated carbocycles. The number of halogens is 2. The Balaban J connectivity index is 1.96. The largest absolute Gasteiger partial charge is 0.469 e. The topological polar surface area (TPSA) is 77.0 Å². The van der Waals surface area contributed by atoms with Crippen molar-refractivity contribution < 1.29 is 19.1 Å². The predicted molar refractivity (Wildman–Crippen MR) is 118 cm³/mol. The molecule has 0 spiro atoms. The fourth-order valence-electron chi connectivity index (χ4n) is 3.62. The van der Waals surface area contributed by atoms with Crippen LogP contribution in [0.1, 0.15) is 12.8 Å². The molecule has 8 heteroatoms. The fraction of sp³-hybridized carbons (Fsp3) is 0.318. The Labute approximate surface area is 185 Å². The molecule has 2 aromatic rings. The van der Waals surface area contributed by atoms with Crippen LogP contribution in [-0.2, 0) is 19.1 Å². The molecular weight excluding hydrogens is 427 g/mol. The first-order valence-electron chi connectivity index (χ1n) is 9.42. The summed E-state index contributed by atoms with van der Waals surface area (Å²) in [5.74, 6) is -1.92. The lowest BCUT2D eigenvalue weighted by Gasteiger charge is -2.35. The minimum absolute atomic E-state index is 0.247. The number of benzene rings is 2. The van der Waals surface area contributed by atoms with Crippen LogP contribution in [0.2, 0.25) is 10.0 Å². The zero-order valence-electron chi connectivity index (χ0n) is 16.6. The molecule has 2 aromatic carbocycles. The van der Waals surface area contributed by atoms with Gasteiger partial charge in [-0.25, -0.2) is 0 Å². The van der Waals surface area contributed by atoms with Crippen molar-refractivity contribution >= 4 is 52.2 Å². The molecule has 30 heavy (non-hydrogen) atoms. The van der Waals surface area contributed by atoms with E-state index < -0.39 is 17.8 Å². The number of hydrogen-bond acceptors (Lipinski definition) is 6. The Morgan fingerprint density at radius 2 is 1.67 bits per heavy atom. The van der Waals surface area contributed by atoms with Gasteiger partial charge in [0.25, 0.3) is 0 Å². The highest BCUT2D eigenvalue weighted by Crippen LogP contribution is 2.34. The van der Waals surface area contributed by atoms with Crippen molar-refractivity contribution in [2.45, 2.75) is 18.9 Å². The normalized spacial score (nSPS) is 22.4. The summed E-state index contributed by atoms with van der Waals surface area (Å²) in [4.78, 5) is 29.7. The maximum Gasteiger partial charge on any atom is 0.314 e. The van der Waals surface area contributed by atoms with E-state index in [0.717, 1.165) is 5.69 Å². The Bertz CT molecular complexity index is 964. The van der Waals surface area contributed by atoms with Crippen molar-refractivity contribution in [3.8, 4) is 0 Å². The van der Waals surface area contributed by atoms with Crippen LogP contribution >= 0.6 is 23.2 Å². The molecule has 6 nitrogen and oxygen atoms in total. The summed E-state index contributed by atoms with van der Waals surface area (Å²) in [6.07, 6.45) is 0.565. The van der Waals surface area contributed by atoms with E-state index in [2.05, 4.69) is 10.3 Å². The molecule has 0 radical (unpaired) electrons. The third-order valence-electron chi connectivity index (χ3n) is 5.05. The van der Waals surface area contributed by atoms with Gasteiger partial charge in [0, 0.05) is 33.9 Å². The SMILES string of the molecule is COC(=O)C1CC(Nc2cccc(Cl)c2)C(C(=O)OC)CC1=Nc1cccc(Cl)c1. The van der Waals surface area contributed by atoms with Crippen LogP contribution in [0, 0.1) is 11.8 Å². The van der Waals surface area contributed by atoms with Crippen molar-refractivity contribution in [1.29, 1.82) is 0 Å². The molecular formula is C22H22Cl2N2O4. The van der Waals surface area contributed by atoms with Crippen molar-refractivity contribution in [3.63, 3.8) is 0 Å². The van der Waals surface area contributed by atoms with E-state index in [0.29, 0.717) is 27.9 Å². The summed E-state index contributed by atoms with van der Waals surface area (Å²) in [5, 5.41) is 4.42. The van der Waals surface area contributed by atoms with Gasteiger partial charge in [0.15, 0.2) is 0 Å². The first-order valence-corrected chi connectivity index (χ1v) is 10.2. The molecule has 3 unspecified atom stereocenters. The second kappa shape index (κ2) is 9.96. The van der Waals surface area contributed by atoms with E-state index in [-0.39, 0.29) is 18.4 Å². The highest BCUT2D eigenvalue weighted by atomic mass is 35.5. The van der Waals surface area contributed by atoms with Crippen molar-refractivity contribution in [3.05, 3.63) is 58.6 Å². The highest BCUT2D eigenvalue weighted by Gasteiger charge is 2.42. The Morgan fingerprint density at radius 3 is 2.30 bits per heavy atom. The van der Waals surface area contributed by atoms with E-state index in [1.165, 1.54) is 14.2 Å². The Morgan fingerprint density at radius 1 is 1.00 bits per heavy atom. The monoisotopic (exact) mass is 448 g/mol. The predicted octanol–water partition coefficient (Wildman–Crippen LogP) is 4.92. The highest BCUT2D eigenvalue weighted by molar-refractivity contribution is 6.31. The van der Waals surface area contributed by atoms with Crippen LogP contribution in [0.5, 0.6) is 0 Å². The zero-order chi connectivity index (χ0) is 21.7. The third kappa shape index (κ3) is 5.32. The lowest BCUT2D eigenvalue weighted by Crippen LogP contribution is -2.46. The average molecular weight is 449 g/mol. The van der Waals surface area contributed by atoms with Gasteiger partial charge in [-0.3, -0.25) is 14.6 Å². The van der Waals surface area contributed by atoms with Crippen LogP contribution < -0.4 is 5.32 Å². The van der Waals surface area contributed by atoms with Crippen LogP contribution in [0.4, 0.5) is 11.4 Å². The number of anilines is 1. The summed E-state index contributed by atoms with van der Waals surface area (Å²) < 4.78 is 10.0. The molecule has 0 saturated heterocycles. The quantitative estimate of drug-likeness (QED) is 0.656. The van der Waals surface area contributed by atoms with E-state index in [9.17, 15) is 9.59 Å². The summed E-state index contributed by atoms with van der Waals surface area (Å²) in [6, 6.07) is 13.8. The molecule has 3 atom stereocenters. The third-order valence-corrected chi connectivity index (χ3v) is 5.52. The number of nitrogens with one attached hydrogen (secondary N) is 1. The van der Waals surface area contributed by atoms with Gasteiger partial charge in [-0.2, -0.15) is 0 Å². The first kappa shape index (κ1) is 22.1. The molecule has 1 N–H and O–H groups in total. The number of rotatable bonds is 5. The fourth-order valence-corrected chi connectivity index (χ4v) is 4.00. The van der Waals surface area contributed by atoms with Crippen LogP contribution in [0.25, 0.3) is 0 Å². The minimum atomic E-state index is -0.605. The lowest BCUT2D eigenvalue weighted by molar-refractivity contribution is -0.148. The van der Waals surface area contributed by atoms with Crippen molar-refractivity contribution in [1.82, 2.24) is 0 Å². The van der Waals surface area contributed by atoms with Gasteiger partial charge in [0.1, 0.15) is 0 Å². The molecule has 158 valence electrons. The molecule has 0 aliphatic heterocycles.